The number of H-pyrrole nitrogens is 1. The zero-order chi connectivity index (χ0) is 23.1. The molecule has 0 saturated heterocycles. The molecule has 0 aliphatic carbocycles. The summed E-state index contributed by atoms with van der Waals surface area (Å²) in [7, 11) is 0. The second kappa shape index (κ2) is 8.49. The molecule has 4 aromatic heterocycles. The van der Waals surface area contributed by atoms with Crippen LogP contribution in [0.25, 0.3) is 17.3 Å². The highest BCUT2D eigenvalue weighted by Crippen LogP contribution is 2.25. The summed E-state index contributed by atoms with van der Waals surface area (Å²) >= 11 is 11.8. The fourth-order valence-corrected chi connectivity index (χ4v) is 4.07. The highest BCUT2D eigenvalue weighted by Gasteiger charge is 2.17. The van der Waals surface area contributed by atoms with E-state index >= 15 is 0 Å². The van der Waals surface area contributed by atoms with Gasteiger partial charge in [-0.1, -0.05) is 41.4 Å². The minimum Gasteiger partial charge on any atom is -0.456 e. The predicted molar refractivity (Wildman–Crippen MR) is 128 cm³/mol. The molecule has 5 aromatic rings. The standard InChI is InChI=1S/C23H22ClN7OS/c1-14-4-6-17(7-5-14)11-29-12-18(10-25-29)31-22(26-27-23(31)33)20-9-8-19(32-20)13-30-16(3)21(24)15(2)28-30/h4-10,12H,11,13H2,1-3H3,(H,27,33). The second-order valence-corrected chi connectivity index (χ2v) is 8.74. The monoisotopic (exact) mass is 479 g/mol. The molecule has 0 aliphatic rings. The number of rotatable bonds is 6. The molecule has 1 aromatic carbocycles. The average molecular weight is 480 g/mol. The number of nitrogens with one attached hydrogen (secondary N) is 1. The summed E-state index contributed by atoms with van der Waals surface area (Å²) < 4.78 is 12.1. The summed E-state index contributed by atoms with van der Waals surface area (Å²) in [5, 5.41) is 16.9. The summed E-state index contributed by atoms with van der Waals surface area (Å²) in [6.45, 7) is 7.03. The zero-order valence-corrected chi connectivity index (χ0v) is 20.0. The first-order valence-corrected chi connectivity index (χ1v) is 11.2. The Labute approximate surface area is 200 Å². The van der Waals surface area contributed by atoms with Gasteiger partial charge < -0.3 is 4.42 Å². The van der Waals surface area contributed by atoms with Crippen molar-refractivity contribution in [3.05, 3.63) is 86.9 Å². The maximum Gasteiger partial charge on any atom is 0.203 e. The molecule has 33 heavy (non-hydrogen) atoms. The molecule has 10 heteroatoms. The van der Waals surface area contributed by atoms with E-state index in [0.29, 0.717) is 34.5 Å². The molecule has 0 bridgehead atoms. The molecule has 1 N–H and O–H groups in total. The summed E-state index contributed by atoms with van der Waals surface area (Å²) in [5.41, 5.74) is 4.90. The van der Waals surface area contributed by atoms with Crippen molar-refractivity contribution in [1.29, 1.82) is 0 Å². The van der Waals surface area contributed by atoms with E-state index in [1.54, 1.807) is 6.20 Å². The first-order chi connectivity index (χ1) is 15.9. The van der Waals surface area contributed by atoms with E-state index in [2.05, 4.69) is 51.6 Å². The van der Waals surface area contributed by atoms with Crippen LogP contribution in [-0.2, 0) is 13.1 Å². The van der Waals surface area contributed by atoms with Gasteiger partial charge in [-0.25, -0.2) is 0 Å². The Balaban J connectivity index is 1.41. The van der Waals surface area contributed by atoms with Crippen molar-refractivity contribution >= 4 is 23.8 Å². The predicted octanol–water partition coefficient (Wildman–Crippen LogP) is 5.26. The van der Waals surface area contributed by atoms with Crippen molar-refractivity contribution in [3.63, 3.8) is 0 Å². The number of halogens is 1. The number of furan rings is 1. The molecule has 0 amide bonds. The van der Waals surface area contributed by atoms with Gasteiger partial charge in [-0.15, -0.1) is 0 Å². The fraction of sp³-hybridized carbons (Fsp3) is 0.217. The minimum atomic E-state index is 0.461. The van der Waals surface area contributed by atoms with Gasteiger partial charge in [0.1, 0.15) is 5.76 Å². The fourth-order valence-electron chi connectivity index (χ4n) is 3.70. The molecule has 0 atom stereocenters. The van der Waals surface area contributed by atoms with Crippen LogP contribution in [0.5, 0.6) is 0 Å². The Hall–Kier alpha value is -3.43. The second-order valence-electron chi connectivity index (χ2n) is 7.98. The molecule has 8 nitrogen and oxygen atoms in total. The molecule has 0 unspecified atom stereocenters. The molecule has 168 valence electrons. The van der Waals surface area contributed by atoms with Crippen LogP contribution in [0.2, 0.25) is 5.02 Å². The quantitative estimate of drug-likeness (QED) is 0.336. The largest absolute Gasteiger partial charge is 0.456 e. The van der Waals surface area contributed by atoms with Crippen LogP contribution >= 0.6 is 23.8 Å². The number of aryl methyl sites for hydroxylation is 2. The third-order valence-corrected chi connectivity index (χ3v) is 6.32. The molecule has 0 saturated carbocycles. The van der Waals surface area contributed by atoms with Crippen LogP contribution in [0.3, 0.4) is 0 Å². The average Bonchev–Trinajstić information content (AvgIpc) is 3.56. The number of aromatic amines is 1. The highest BCUT2D eigenvalue weighted by atomic mass is 35.5. The Morgan fingerprint density at radius 3 is 2.58 bits per heavy atom. The Kier molecular flexibility index (Phi) is 5.51. The van der Waals surface area contributed by atoms with Crippen LogP contribution in [-0.4, -0.2) is 34.3 Å². The Bertz CT molecular complexity index is 1490. The van der Waals surface area contributed by atoms with Gasteiger partial charge in [-0.05, 0) is 50.7 Å². The first-order valence-electron chi connectivity index (χ1n) is 10.4. The van der Waals surface area contributed by atoms with Crippen molar-refractivity contribution in [1.82, 2.24) is 34.3 Å². The van der Waals surface area contributed by atoms with Crippen LogP contribution in [0.4, 0.5) is 0 Å². The Morgan fingerprint density at radius 1 is 1.06 bits per heavy atom. The van der Waals surface area contributed by atoms with Crippen LogP contribution in [0.1, 0.15) is 28.3 Å². The van der Waals surface area contributed by atoms with Crippen molar-refractivity contribution in [2.75, 3.05) is 0 Å². The van der Waals surface area contributed by atoms with Gasteiger partial charge in [0.05, 0.1) is 41.4 Å². The normalized spacial score (nSPS) is 11.4. The molecule has 0 aliphatic heterocycles. The van der Waals surface area contributed by atoms with Crippen molar-refractivity contribution < 1.29 is 4.42 Å². The van der Waals surface area contributed by atoms with Gasteiger partial charge in [0.25, 0.3) is 0 Å². The van der Waals surface area contributed by atoms with E-state index in [-0.39, 0.29) is 0 Å². The highest BCUT2D eigenvalue weighted by molar-refractivity contribution is 7.71. The van der Waals surface area contributed by atoms with E-state index in [1.165, 1.54) is 11.1 Å². The summed E-state index contributed by atoms with van der Waals surface area (Å²) in [6, 6.07) is 12.2. The van der Waals surface area contributed by atoms with Gasteiger partial charge in [0.2, 0.25) is 5.82 Å². The SMILES string of the molecule is Cc1ccc(Cn2cc(-n3c(-c4ccc(Cn5nc(C)c(Cl)c5C)o4)n[nH]c3=S)cn2)cc1. The lowest BCUT2D eigenvalue weighted by Crippen LogP contribution is -2.03. The van der Waals surface area contributed by atoms with Crippen molar-refractivity contribution in [3.8, 4) is 17.3 Å². The molecule has 0 radical (unpaired) electrons. The minimum absolute atomic E-state index is 0.461. The number of aromatic nitrogens is 7. The molecular weight excluding hydrogens is 458 g/mol. The summed E-state index contributed by atoms with van der Waals surface area (Å²) in [6.07, 6.45) is 3.71. The Morgan fingerprint density at radius 2 is 1.85 bits per heavy atom. The lowest BCUT2D eigenvalue weighted by Gasteiger charge is -2.04. The zero-order valence-electron chi connectivity index (χ0n) is 18.4. The van der Waals surface area contributed by atoms with Crippen molar-refractivity contribution in [2.24, 2.45) is 0 Å². The smallest absolute Gasteiger partial charge is 0.203 e. The van der Waals surface area contributed by atoms with E-state index in [0.717, 1.165) is 22.8 Å². The number of benzene rings is 1. The van der Waals surface area contributed by atoms with Crippen LogP contribution in [0, 0.1) is 25.5 Å². The maximum absolute atomic E-state index is 6.27. The third-order valence-electron chi connectivity index (χ3n) is 5.50. The van der Waals surface area contributed by atoms with Crippen molar-refractivity contribution in [2.45, 2.75) is 33.9 Å². The van der Waals surface area contributed by atoms with Crippen LogP contribution in [0.15, 0.2) is 53.2 Å². The molecule has 0 fully saturated rings. The molecular formula is C23H22ClN7OS. The maximum atomic E-state index is 6.27. The molecule has 0 spiro atoms. The van der Waals surface area contributed by atoms with Gasteiger partial charge >= 0.3 is 0 Å². The summed E-state index contributed by atoms with van der Waals surface area (Å²) in [4.78, 5) is 0. The lowest BCUT2D eigenvalue weighted by atomic mass is 10.1. The lowest BCUT2D eigenvalue weighted by molar-refractivity contribution is 0.482. The van der Waals surface area contributed by atoms with E-state index < -0.39 is 0 Å². The number of nitrogens with zero attached hydrogens (tertiary/aromatic N) is 6. The summed E-state index contributed by atoms with van der Waals surface area (Å²) in [5.74, 6) is 1.91. The van der Waals surface area contributed by atoms with E-state index in [1.807, 2.05) is 46.1 Å². The topological polar surface area (TPSA) is 82.4 Å². The molecule has 5 rings (SSSR count). The van der Waals surface area contributed by atoms with Gasteiger partial charge in [-0.2, -0.15) is 15.3 Å². The van der Waals surface area contributed by atoms with E-state index in [4.69, 9.17) is 28.2 Å². The van der Waals surface area contributed by atoms with Gasteiger partial charge in [0.15, 0.2) is 10.5 Å². The van der Waals surface area contributed by atoms with Gasteiger partial charge in [0, 0.05) is 6.20 Å². The number of hydrogen-bond acceptors (Lipinski definition) is 5. The number of hydrogen-bond donors (Lipinski definition) is 1. The van der Waals surface area contributed by atoms with Crippen LogP contribution < -0.4 is 0 Å². The third kappa shape index (κ3) is 4.17. The van der Waals surface area contributed by atoms with Gasteiger partial charge in [-0.3, -0.25) is 19.0 Å². The first kappa shape index (κ1) is 21.4. The molecule has 4 heterocycles. The van der Waals surface area contributed by atoms with E-state index in [9.17, 15) is 0 Å².